The number of rotatable bonds is 7. The van der Waals surface area contributed by atoms with Gasteiger partial charge in [0, 0.05) is 11.2 Å². The van der Waals surface area contributed by atoms with Crippen LogP contribution in [0, 0.1) is 0 Å². The fourth-order valence-corrected chi connectivity index (χ4v) is 5.40. The molecule has 28 heavy (non-hydrogen) atoms. The number of likely N-dealkylation sites (tertiary alicyclic amines) is 1. The predicted molar refractivity (Wildman–Crippen MR) is 118 cm³/mol. The molecule has 4 heteroatoms. The Hall–Kier alpha value is -2.17. The van der Waals surface area contributed by atoms with E-state index < -0.39 is 0 Å². The van der Waals surface area contributed by atoms with Gasteiger partial charge in [0.1, 0.15) is 0 Å². The number of nitrogens with zero attached hydrogens (tertiary/aromatic N) is 1. The van der Waals surface area contributed by atoms with Crippen molar-refractivity contribution in [3.63, 3.8) is 0 Å². The van der Waals surface area contributed by atoms with E-state index in [9.17, 15) is 4.79 Å². The average Bonchev–Trinajstić information content (AvgIpc) is 3.38. The molecule has 2 aromatic carbocycles. The summed E-state index contributed by atoms with van der Waals surface area (Å²) in [6, 6.07) is 19.2. The van der Waals surface area contributed by atoms with Crippen LogP contribution < -0.4 is 5.32 Å². The van der Waals surface area contributed by atoms with Crippen molar-refractivity contribution >= 4 is 27.3 Å². The van der Waals surface area contributed by atoms with Crippen LogP contribution in [0.15, 0.2) is 54.6 Å². The molecule has 4 rings (SSSR count). The quantitative estimate of drug-likeness (QED) is 0.582. The molecule has 1 amide bonds. The molecule has 0 saturated carbocycles. The number of hydrogen-bond acceptors (Lipinski definition) is 3. The first kappa shape index (κ1) is 19.2. The Morgan fingerprint density at radius 1 is 1.07 bits per heavy atom. The SMILES string of the molecule is CCCc1c(C(=O)NCC(c2ccccc2)N2CCCC2)sc2ccccc12. The van der Waals surface area contributed by atoms with E-state index in [4.69, 9.17) is 0 Å². The van der Waals surface area contributed by atoms with Gasteiger partial charge in [-0.3, -0.25) is 9.69 Å². The lowest BCUT2D eigenvalue weighted by Gasteiger charge is -2.28. The van der Waals surface area contributed by atoms with Crippen LogP contribution in [0.5, 0.6) is 0 Å². The van der Waals surface area contributed by atoms with E-state index in [2.05, 4.69) is 71.7 Å². The van der Waals surface area contributed by atoms with Gasteiger partial charge < -0.3 is 5.32 Å². The molecule has 3 aromatic rings. The van der Waals surface area contributed by atoms with Crippen molar-refractivity contribution in [2.45, 2.75) is 38.6 Å². The Morgan fingerprint density at radius 2 is 1.79 bits per heavy atom. The van der Waals surface area contributed by atoms with E-state index in [0.29, 0.717) is 6.54 Å². The van der Waals surface area contributed by atoms with E-state index in [1.807, 2.05) is 0 Å². The highest BCUT2D eigenvalue weighted by Gasteiger charge is 2.25. The highest BCUT2D eigenvalue weighted by atomic mass is 32.1. The first-order valence-electron chi connectivity index (χ1n) is 10.4. The zero-order valence-corrected chi connectivity index (χ0v) is 17.3. The van der Waals surface area contributed by atoms with Gasteiger partial charge in [0.25, 0.3) is 5.91 Å². The minimum atomic E-state index is 0.0739. The van der Waals surface area contributed by atoms with Gasteiger partial charge in [-0.05, 0) is 54.9 Å². The van der Waals surface area contributed by atoms with Gasteiger partial charge in [-0.25, -0.2) is 0 Å². The summed E-state index contributed by atoms with van der Waals surface area (Å²) < 4.78 is 1.20. The summed E-state index contributed by atoms with van der Waals surface area (Å²) in [6.07, 6.45) is 4.48. The van der Waals surface area contributed by atoms with Crippen LogP contribution in [0.4, 0.5) is 0 Å². The van der Waals surface area contributed by atoms with Crippen molar-refractivity contribution < 1.29 is 4.79 Å². The third-order valence-corrected chi connectivity index (χ3v) is 6.84. The molecular weight excluding hydrogens is 364 g/mol. The topological polar surface area (TPSA) is 32.3 Å². The molecule has 0 aliphatic carbocycles. The van der Waals surface area contributed by atoms with Crippen molar-refractivity contribution in [2.75, 3.05) is 19.6 Å². The van der Waals surface area contributed by atoms with Gasteiger partial charge in [0.2, 0.25) is 0 Å². The maximum atomic E-state index is 13.1. The molecule has 1 saturated heterocycles. The Kier molecular flexibility index (Phi) is 6.08. The molecule has 146 valence electrons. The van der Waals surface area contributed by atoms with E-state index >= 15 is 0 Å². The summed E-state index contributed by atoms with van der Waals surface area (Å²) in [7, 11) is 0. The molecule has 1 unspecified atom stereocenters. The second-order valence-corrected chi connectivity index (χ2v) is 8.59. The summed E-state index contributed by atoms with van der Waals surface area (Å²) in [4.78, 5) is 16.5. The molecule has 1 aliphatic rings. The molecule has 1 atom stereocenters. The number of benzene rings is 2. The minimum absolute atomic E-state index is 0.0739. The number of aryl methyl sites for hydroxylation is 1. The maximum absolute atomic E-state index is 13.1. The van der Waals surface area contributed by atoms with Crippen molar-refractivity contribution in [3.05, 3.63) is 70.6 Å². The number of carbonyl (C=O) groups is 1. The maximum Gasteiger partial charge on any atom is 0.261 e. The number of nitrogens with one attached hydrogen (secondary N) is 1. The number of carbonyl (C=O) groups excluding carboxylic acids is 1. The second-order valence-electron chi connectivity index (χ2n) is 7.54. The highest BCUT2D eigenvalue weighted by molar-refractivity contribution is 7.21. The van der Waals surface area contributed by atoms with Gasteiger partial charge in [-0.2, -0.15) is 0 Å². The Balaban J connectivity index is 1.55. The first-order chi connectivity index (χ1) is 13.8. The third kappa shape index (κ3) is 3.98. The van der Waals surface area contributed by atoms with Crippen LogP contribution in [0.2, 0.25) is 0 Å². The number of fused-ring (bicyclic) bond motifs is 1. The summed E-state index contributed by atoms with van der Waals surface area (Å²) >= 11 is 1.63. The van der Waals surface area contributed by atoms with Crippen LogP contribution >= 0.6 is 11.3 Å². The molecular formula is C24H28N2OS. The van der Waals surface area contributed by atoms with E-state index in [-0.39, 0.29) is 11.9 Å². The lowest BCUT2D eigenvalue weighted by molar-refractivity contribution is 0.0941. The van der Waals surface area contributed by atoms with Crippen molar-refractivity contribution in [2.24, 2.45) is 0 Å². The van der Waals surface area contributed by atoms with Crippen LogP contribution in [0.25, 0.3) is 10.1 Å². The van der Waals surface area contributed by atoms with Crippen LogP contribution in [-0.4, -0.2) is 30.4 Å². The van der Waals surface area contributed by atoms with Gasteiger partial charge in [-0.15, -0.1) is 11.3 Å². The van der Waals surface area contributed by atoms with Crippen molar-refractivity contribution in [1.82, 2.24) is 10.2 Å². The number of thiophene rings is 1. The van der Waals surface area contributed by atoms with Gasteiger partial charge in [-0.1, -0.05) is 61.9 Å². The zero-order chi connectivity index (χ0) is 19.3. The highest BCUT2D eigenvalue weighted by Crippen LogP contribution is 2.32. The molecule has 3 nitrogen and oxygen atoms in total. The summed E-state index contributed by atoms with van der Waals surface area (Å²) in [6.45, 7) is 5.05. The summed E-state index contributed by atoms with van der Waals surface area (Å²) in [5.74, 6) is 0.0739. The monoisotopic (exact) mass is 392 g/mol. The predicted octanol–water partition coefficient (Wildman–Crippen LogP) is 5.42. The van der Waals surface area contributed by atoms with Crippen LogP contribution in [0.3, 0.4) is 0 Å². The molecule has 0 spiro atoms. The lowest BCUT2D eigenvalue weighted by Crippen LogP contribution is -2.36. The normalized spacial score (nSPS) is 15.8. The molecule has 0 bridgehead atoms. The van der Waals surface area contributed by atoms with Crippen LogP contribution in [-0.2, 0) is 6.42 Å². The van der Waals surface area contributed by atoms with Gasteiger partial charge in [0.05, 0.1) is 10.9 Å². The molecule has 1 N–H and O–H groups in total. The van der Waals surface area contributed by atoms with Crippen molar-refractivity contribution in [1.29, 1.82) is 0 Å². The third-order valence-electron chi connectivity index (χ3n) is 5.63. The zero-order valence-electron chi connectivity index (χ0n) is 16.5. The molecule has 2 heterocycles. The van der Waals surface area contributed by atoms with Gasteiger partial charge >= 0.3 is 0 Å². The van der Waals surface area contributed by atoms with Gasteiger partial charge in [0.15, 0.2) is 0 Å². The summed E-state index contributed by atoms with van der Waals surface area (Å²) in [5.41, 5.74) is 2.49. The molecule has 1 fully saturated rings. The van der Waals surface area contributed by atoms with Crippen LogP contribution in [0.1, 0.15) is 53.0 Å². The van der Waals surface area contributed by atoms with E-state index in [1.54, 1.807) is 11.3 Å². The molecule has 1 aromatic heterocycles. The second kappa shape index (κ2) is 8.89. The summed E-state index contributed by atoms with van der Waals surface area (Å²) in [5, 5.41) is 4.50. The smallest absolute Gasteiger partial charge is 0.261 e. The Morgan fingerprint density at radius 3 is 2.54 bits per heavy atom. The number of amides is 1. The number of hydrogen-bond donors (Lipinski definition) is 1. The first-order valence-corrected chi connectivity index (χ1v) is 11.2. The lowest BCUT2D eigenvalue weighted by atomic mass is 10.0. The molecule has 1 aliphatic heterocycles. The molecule has 0 radical (unpaired) electrons. The van der Waals surface area contributed by atoms with E-state index in [1.165, 1.54) is 34.1 Å². The standard InChI is InChI=1S/C24H28N2OS/c1-2-10-20-19-13-6-7-14-22(19)28-23(20)24(27)25-17-21(26-15-8-9-16-26)18-11-4-3-5-12-18/h3-7,11-14,21H,2,8-10,15-17H2,1H3,(H,25,27). The van der Waals surface area contributed by atoms with Crippen molar-refractivity contribution in [3.8, 4) is 0 Å². The minimum Gasteiger partial charge on any atom is -0.349 e. The fourth-order valence-electron chi connectivity index (χ4n) is 4.24. The Labute approximate surface area is 171 Å². The largest absolute Gasteiger partial charge is 0.349 e. The average molecular weight is 393 g/mol. The Bertz CT molecular complexity index is 928. The fraction of sp³-hybridized carbons (Fsp3) is 0.375. The van der Waals surface area contributed by atoms with E-state index in [0.717, 1.165) is 30.8 Å².